The van der Waals surface area contributed by atoms with Gasteiger partial charge in [0.2, 0.25) is 0 Å². The number of hydrogen-bond acceptors (Lipinski definition) is 2. The van der Waals surface area contributed by atoms with Gasteiger partial charge in [-0.1, -0.05) is 26.7 Å². The van der Waals surface area contributed by atoms with Crippen molar-refractivity contribution in [2.45, 2.75) is 53.1 Å². The molecule has 1 heterocycles. The van der Waals surface area contributed by atoms with Gasteiger partial charge in [-0.25, -0.2) is 0 Å². The second-order valence-corrected chi connectivity index (χ2v) is 4.13. The maximum Gasteiger partial charge on any atom is 0.0597 e. The normalized spacial score (nSPS) is 13.5. The minimum Gasteiger partial charge on any atom is -0.322 e. The van der Waals surface area contributed by atoms with Crippen LogP contribution in [-0.4, -0.2) is 9.78 Å². The second kappa shape index (κ2) is 5.31. The molecule has 1 rings (SSSR count). The van der Waals surface area contributed by atoms with Crippen LogP contribution in [0.1, 0.15) is 51.0 Å². The summed E-state index contributed by atoms with van der Waals surface area (Å²) < 4.78 is 2.03. The van der Waals surface area contributed by atoms with Crippen molar-refractivity contribution in [3.63, 3.8) is 0 Å². The lowest BCUT2D eigenvalue weighted by molar-refractivity contribution is 0.383. The summed E-state index contributed by atoms with van der Waals surface area (Å²) in [5, 5.41) is 4.44. The topological polar surface area (TPSA) is 43.8 Å². The fraction of sp³-hybridized carbons (Fsp3) is 0.750. The average molecular weight is 209 g/mol. The van der Waals surface area contributed by atoms with E-state index in [0.717, 1.165) is 25.1 Å². The van der Waals surface area contributed by atoms with Crippen molar-refractivity contribution in [2.75, 3.05) is 0 Å². The smallest absolute Gasteiger partial charge is 0.0597 e. The summed E-state index contributed by atoms with van der Waals surface area (Å²) in [6.45, 7) is 9.43. The van der Waals surface area contributed by atoms with Gasteiger partial charge in [0.1, 0.15) is 0 Å². The van der Waals surface area contributed by atoms with E-state index in [9.17, 15) is 0 Å². The largest absolute Gasteiger partial charge is 0.322 e. The van der Waals surface area contributed by atoms with Gasteiger partial charge in [-0.2, -0.15) is 5.10 Å². The van der Waals surface area contributed by atoms with Crippen LogP contribution in [0.3, 0.4) is 0 Å². The number of hydrogen-bond donors (Lipinski definition) is 1. The highest BCUT2D eigenvalue weighted by Crippen LogP contribution is 2.25. The monoisotopic (exact) mass is 209 g/mol. The first-order valence-electron chi connectivity index (χ1n) is 5.93. The van der Waals surface area contributed by atoms with Gasteiger partial charge >= 0.3 is 0 Å². The first-order valence-corrected chi connectivity index (χ1v) is 5.93. The predicted octanol–water partition coefficient (Wildman–Crippen LogP) is 2.65. The molecule has 0 saturated heterocycles. The molecule has 0 aliphatic carbocycles. The molecule has 0 aliphatic heterocycles. The Hall–Kier alpha value is -0.830. The van der Waals surface area contributed by atoms with Crippen LogP contribution >= 0.6 is 0 Å². The molecule has 0 saturated carbocycles. The van der Waals surface area contributed by atoms with Gasteiger partial charge in [0.05, 0.1) is 11.4 Å². The summed E-state index contributed by atoms with van der Waals surface area (Å²) in [5.41, 5.74) is 8.54. The van der Waals surface area contributed by atoms with E-state index in [2.05, 4.69) is 31.9 Å². The van der Waals surface area contributed by atoms with Crippen molar-refractivity contribution < 1.29 is 0 Å². The van der Waals surface area contributed by atoms with Crippen LogP contribution in [0.4, 0.5) is 0 Å². The van der Waals surface area contributed by atoms with Gasteiger partial charge in [0.15, 0.2) is 0 Å². The molecule has 1 aromatic heterocycles. The average Bonchev–Trinajstić information content (AvgIpc) is 2.61. The molecule has 2 N–H and O–H groups in total. The highest BCUT2D eigenvalue weighted by molar-refractivity contribution is 5.13. The van der Waals surface area contributed by atoms with E-state index >= 15 is 0 Å². The van der Waals surface area contributed by atoms with Gasteiger partial charge in [-0.05, 0) is 25.8 Å². The van der Waals surface area contributed by atoms with Crippen molar-refractivity contribution in [1.82, 2.24) is 9.78 Å². The van der Waals surface area contributed by atoms with Gasteiger partial charge in [0.25, 0.3) is 0 Å². The van der Waals surface area contributed by atoms with E-state index in [4.69, 9.17) is 5.73 Å². The molecule has 0 bridgehead atoms. The zero-order valence-corrected chi connectivity index (χ0v) is 10.3. The van der Waals surface area contributed by atoms with Crippen LogP contribution in [0.25, 0.3) is 0 Å². The van der Waals surface area contributed by atoms with Gasteiger partial charge in [0, 0.05) is 12.6 Å². The Kier molecular flexibility index (Phi) is 4.33. The molecule has 0 aromatic carbocycles. The summed E-state index contributed by atoms with van der Waals surface area (Å²) in [6.07, 6.45) is 2.26. The summed E-state index contributed by atoms with van der Waals surface area (Å²) in [6, 6.07) is 2.24. The lowest BCUT2D eigenvalue weighted by Gasteiger charge is -2.21. The third-order valence-corrected chi connectivity index (χ3v) is 3.13. The van der Waals surface area contributed by atoms with Crippen molar-refractivity contribution in [3.8, 4) is 0 Å². The Morgan fingerprint density at radius 3 is 2.40 bits per heavy atom. The molecular weight excluding hydrogens is 186 g/mol. The number of rotatable bonds is 5. The maximum atomic E-state index is 6.29. The van der Waals surface area contributed by atoms with E-state index < -0.39 is 0 Å². The number of nitrogens with two attached hydrogens (primary N) is 1. The minimum atomic E-state index is 0.126. The van der Waals surface area contributed by atoms with E-state index in [-0.39, 0.29) is 6.04 Å². The lowest BCUT2D eigenvalue weighted by atomic mass is 9.92. The fourth-order valence-electron chi connectivity index (χ4n) is 2.13. The summed E-state index contributed by atoms with van der Waals surface area (Å²) in [4.78, 5) is 0. The number of nitrogens with zero attached hydrogens (tertiary/aromatic N) is 2. The van der Waals surface area contributed by atoms with Crippen molar-refractivity contribution in [3.05, 3.63) is 17.5 Å². The Balaban J connectivity index is 2.93. The molecule has 0 spiro atoms. The SMILES string of the molecule is CCC(CC)C(N)c1cc(C)nn1CC. The number of aromatic nitrogens is 2. The quantitative estimate of drug-likeness (QED) is 0.810. The van der Waals surface area contributed by atoms with Crippen molar-refractivity contribution >= 4 is 0 Å². The number of aryl methyl sites for hydroxylation is 2. The van der Waals surface area contributed by atoms with Gasteiger partial charge < -0.3 is 5.73 Å². The van der Waals surface area contributed by atoms with E-state index in [1.54, 1.807) is 0 Å². The van der Waals surface area contributed by atoms with Crippen molar-refractivity contribution in [2.24, 2.45) is 11.7 Å². The molecule has 0 radical (unpaired) electrons. The fourth-order valence-corrected chi connectivity index (χ4v) is 2.13. The first kappa shape index (κ1) is 12.2. The summed E-state index contributed by atoms with van der Waals surface area (Å²) >= 11 is 0. The molecule has 0 fully saturated rings. The molecule has 0 amide bonds. The van der Waals surface area contributed by atoms with Crippen LogP contribution < -0.4 is 5.73 Å². The third-order valence-electron chi connectivity index (χ3n) is 3.13. The van der Waals surface area contributed by atoms with Crippen LogP contribution in [-0.2, 0) is 6.54 Å². The van der Waals surface area contributed by atoms with Crippen LogP contribution in [0.5, 0.6) is 0 Å². The zero-order chi connectivity index (χ0) is 11.4. The predicted molar refractivity (Wildman–Crippen MR) is 63.6 cm³/mol. The molecule has 86 valence electrons. The lowest BCUT2D eigenvalue weighted by Crippen LogP contribution is -2.23. The highest BCUT2D eigenvalue weighted by Gasteiger charge is 2.19. The Bertz CT molecular complexity index is 300. The Morgan fingerprint density at radius 1 is 1.33 bits per heavy atom. The first-order chi connectivity index (χ1) is 7.13. The van der Waals surface area contributed by atoms with E-state index in [0.29, 0.717) is 5.92 Å². The van der Waals surface area contributed by atoms with Crippen LogP contribution in [0, 0.1) is 12.8 Å². The van der Waals surface area contributed by atoms with Crippen LogP contribution in [0.2, 0.25) is 0 Å². The maximum absolute atomic E-state index is 6.29. The van der Waals surface area contributed by atoms with Gasteiger partial charge in [-0.3, -0.25) is 4.68 Å². The zero-order valence-electron chi connectivity index (χ0n) is 10.3. The standard InChI is InChI=1S/C12H23N3/c1-5-10(6-2)12(13)11-8-9(4)14-15(11)7-3/h8,10,12H,5-7,13H2,1-4H3. The Morgan fingerprint density at radius 2 is 1.93 bits per heavy atom. The molecule has 3 heteroatoms. The highest BCUT2D eigenvalue weighted by atomic mass is 15.3. The van der Waals surface area contributed by atoms with E-state index in [1.807, 2.05) is 11.6 Å². The third kappa shape index (κ3) is 2.59. The molecular formula is C12H23N3. The summed E-state index contributed by atoms with van der Waals surface area (Å²) in [7, 11) is 0. The molecule has 15 heavy (non-hydrogen) atoms. The van der Waals surface area contributed by atoms with Crippen LogP contribution in [0.15, 0.2) is 6.07 Å². The summed E-state index contributed by atoms with van der Waals surface area (Å²) in [5.74, 6) is 0.561. The molecule has 1 atom stereocenters. The molecule has 1 aromatic rings. The molecule has 3 nitrogen and oxygen atoms in total. The second-order valence-electron chi connectivity index (χ2n) is 4.13. The van der Waals surface area contributed by atoms with Crippen molar-refractivity contribution in [1.29, 1.82) is 0 Å². The van der Waals surface area contributed by atoms with E-state index in [1.165, 1.54) is 5.69 Å². The molecule has 1 unspecified atom stereocenters. The Labute approximate surface area is 92.7 Å². The molecule has 0 aliphatic rings. The minimum absolute atomic E-state index is 0.126. The van der Waals surface area contributed by atoms with Gasteiger partial charge in [-0.15, -0.1) is 0 Å².